The van der Waals surface area contributed by atoms with Crippen LogP contribution in [0.1, 0.15) is 123 Å². The second kappa shape index (κ2) is 17.0. The van der Waals surface area contributed by atoms with Gasteiger partial charge in [-0.1, -0.05) is 96.8 Å². The molecule has 0 fully saturated rings. The fraction of sp³-hybridized carbons (Fsp3) is 1.00. The normalized spacial score (nSPS) is 14.5. The molecule has 26 heavy (non-hydrogen) atoms. The summed E-state index contributed by atoms with van der Waals surface area (Å²) in [5.74, 6) is 0. The molecule has 0 aliphatic heterocycles. The first-order valence-corrected chi connectivity index (χ1v) is 12.5. The van der Waals surface area contributed by atoms with Gasteiger partial charge < -0.3 is 5.11 Å². The molecule has 2 unspecified atom stereocenters. The Kier molecular flexibility index (Phi) is 16.9. The molecule has 4 nitrogen and oxygen atoms in total. The molecule has 2 atom stereocenters. The number of hydrogen-bond donors (Lipinski definition) is 2. The van der Waals surface area contributed by atoms with Crippen LogP contribution in [0.5, 0.6) is 0 Å². The van der Waals surface area contributed by atoms with Crippen LogP contribution in [0.2, 0.25) is 0 Å². The summed E-state index contributed by atoms with van der Waals surface area (Å²) in [5, 5.41) is 8.57. The maximum atomic E-state index is 11.4. The van der Waals surface area contributed by atoms with Gasteiger partial charge in [-0.3, -0.25) is 4.55 Å². The second-order valence-corrected chi connectivity index (χ2v) is 9.64. The Labute approximate surface area is 162 Å². The maximum Gasteiger partial charge on any atom is 0.267 e. The average Bonchev–Trinajstić information content (AvgIpc) is 2.56. The quantitative estimate of drug-likeness (QED) is 0.200. The van der Waals surface area contributed by atoms with E-state index in [2.05, 4.69) is 6.92 Å². The molecule has 0 heterocycles. The van der Waals surface area contributed by atoms with Crippen LogP contribution in [0.25, 0.3) is 0 Å². The molecule has 0 aromatic rings. The predicted molar refractivity (Wildman–Crippen MR) is 111 cm³/mol. The van der Waals surface area contributed by atoms with Crippen LogP contribution in [0, 0.1) is 0 Å². The van der Waals surface area contributed by atoms with E-state index in [0.29, 0.717) is 19.3 Å². The van der Waals surface area contributed by atoms with Gasteiger partial charge in [0.05, 0.1) is 11.4 Å². The lowest BCUT2D eigenvalue weighted by molar-refractivity contribution is 0.180. The first-order chi connectivity index (χ1) is 12.4. The lowest BCUT2D eigenvalue weighted by atomic mass is 10.0. The van der Waals surface area contributed by atoms with Gasteiger partial charge >= 0.3 is 0 Å². The van der Waals surface area contributed by atoms with Crippen LogP contribution in [0.3, 0.4) is 0 Å². The highest BCUT2D eigenvalue weighted by atomic mass is 32.2. The minimum absolute atomic E-state index is 0.342. The molecule has 0 rings (SSSR count). The van der Waals surface area contributed by atoms with E-state index in [4.69, 9.17) is 0 Å². The Hall–Kier alpha value is -0.130. The van der Waals surface area contributed by atoms with Crippen molar-refractivity contribution in [2.75, 3.05) is 0 Å². The highest BCUT2D eigenvalue weighted by Gasteiger charge is 2.22. The van der Waals surface area contributed by atoms with Gasteiger partial charge in [0.15, 0.2) is 0 Å². The second-order valence-electron chi connectivity index (χ2n) is 7.95. The zero-order valence-electron chi connectivity index (χ0n) is 17.3. The molecule has 0 aliphatic carbocycles. The zero-order chi connectivity index (χ0) is 19.7. The van der Waals surface area contributed by atoms with Crippen LogP contribution in [0.15, 0.2) is 0 Å². The highest BCUT2D eigenvalue weighted by Crippen LogP contribution is 2.18. The summed E-state index contributed by atoms with van der Waals surface area (Å²) in [5.41, 5.74) is 0. The van der Waals surface area contributed by atoms with Crippen molar-refractivity contribution in [1.82, 2.24) is 0 Å². The van der Waals surface area contributed by atoms with Gasteiger partial charge in [0.1, 0.15) is 0 Å². The van der Waals surface area contributed by atoms with Crippen LogP contribution < -0.4 is 0 Å². The topological polar surface area (TPSA) is 74.6 Å². The van der Waals surface area contributed by atoms with Crippen molar-refractivity contribution in [3.8, 4) is 0 Å². The monoisotopic (exact) mass is 392 g/mol. The minimum Gasteiger partial charge on any atom is -0.393 e. The lowest BCUT2D eigenvalue weighted by Gasteiger charge is -2.14. The van der Waals surface area contributed by atoms with Gasteiger partial charge in [-0.2, -0.15) is 8.42 Å². The summed E-state index contributed by atoms with van der Waals surface area (Å²) in [6, 6.07) is 0. The molecule has 0 amide bonds. The van der Waals surface area contributed by atoms with E-state index in [9.17, 15) is 18.1 Å². The van der Waals surface area contributed by atoms with Crippen LogP contribution >= 0.6 is 0 Å². The number of unbranched alkanes of at least 4 members (excludes halogenated alkanes) is 13. The maximum absolute atomic E-state index is 11.4. The van der Waals surface area contributed by atoms with Gasteiger partial charge in [-0.05, 0) is 26.2 Å². The SMILES string of the molecule is CCCCCCCCCCCCCCCCC(CCC(C)O)S(=O)(=O)O. The Morgan fingerprint density at radius 3 is 1.38 bits per heavy atom. The largest absolute Gasteiger partial charge is 0.393 e. The molecule has 0 aromatic heterocycles. The van der Waals surface area contributed by atoms with E-state index in [-0.39, 0.29) is 0 Å². The Morgan fingerprint density at radius 2 is 1.04 bits per heavy atom. The van der Waals surface area contributed by atoms with E-state index >= 15 is 0 Å². The van der Waals surface area contributed by atoms with Crippen molar-refractivity contribution < 1.29 is 18.1 Å². The molecule has 0 radical (unpaired) electrons. The molecule has 5 heteroatoms. The van der Waals surface area contributed by atoms with E-state index in [0.717, 1.165) is 19.3 Å². The summed E-state index contributed by atoms with van der Waals surface area (Å²) in [4.78, 5) is 0. The van der Waals surface area contributed by atoms with Crippen molar-refractivity contribution >= 4 is 10.1 Å². The average molecular weight is 393 g/mol. The van der Waals surface area contributed by atoms with Crippen molar-refractivity contribution in [1.29, 1.82) is 0 Å². The Bertz CT molecular complexity index is 393. The van der Waals surface area contributed by atoms with E-state index in [1.807, 2.05) is 0 Å². The molecular weight excluding hydrogens is 348 g/mol. The first-order valence-electron chi connectivity index (χ1n) is 11.0. The van der Waals surface area contributed by atoms with Crippen molar-refractivity contribution in [3.63, 3.8) is 0 Å². The van der Waals surface area contributed by atoms with Crippen molar-refractivity contribution in [2.45, 2.75) is 134 Å². The predicted octanol–water partition coefficient (Wildman–Crippen LogP) is 6.28. The van der Waals surface area contributed by atoms with Crippen LogP contribution in [-0.2, 0) is 10.1 Å². The number of aliphatic hydroxyl groups is 1. The molecule has 0 bridgehead atoms. The third kappa shape index (κ3) is 17.3. The lowest BCUT2D eigenvalue weighted by Crippen LogP contribution is -2.22. The minimum atomic E-state index is -3.99. The number of rotatable bonds is 19. The van der Waals surface area contributed by atoms with E-state index < -0.39 is 21.5 Å². The molecule has 0 spiro atoms. The summed E-state index contributed by atoms with van der Waals surface area (Å²) in [7, 11) is -3.99. The van der Waals surface area contributed by atoms with Crippen molar-refractivity contribution in [3.05, 3.63) is 0 Å². The number of hydrogen-bond acceptors (Lipinski definition) is 3. The van der Waals surface area contributed by atoms with E-state index in [1.165, 1.54) is 70.6 Å². The molecule has 2 N–H and O–H groups in total. The van der Waals surface area contributed by atoms with Gasteiger partial charge in [0.25, 0.3) is 10.1 Å². The molecule has 0 aromatic carbocycles. The molecular formula is C21H44O4S. The Balaban J connectivity index is 3.48. The molecule has 158 valence electrons. The Morgan fingerprint density at radius 1 is 0.654 bits per heavy atom. The van der Waals surface area contributed by atoms with Crippen LogP contribution in [0.4, 0.5) is 0 Å². The molecule has 0 aliphatic rings. The van der Waals surface area contributed by atoms with E-state index in [1.54, 1.807) is 6.92 Å². The number of aliphatic hydroxyl groups excluding tert-OH is 1. The fourth-order valence-electron chi connectivity index (χ4n) is 3.44. The summed E-state index contributed by atoms with van der Waals surface area (Å²) in [6.45, 7) is 3.90. The summed E-state index contributed by atoms with van der Waals surface area (Å²) >= 11 is 0. The summed E-state index contributed by atoms with van der Waals surface area (Å²) < 4.78 is 32.1. The van der Waals surface area contributed by atoms with Gasteiger partial charge in [-0.25, -0.2) is 0 Å². The third-order valence-electron chi connectivity index (χ3n) is 5.21. The third-order valence-corrected chi connectivity index (χ3v) is 6.52. The van der Waals surface area contributed by atoms with Crippen molar-refractivity contribution in [2.24, 2.45) is 0 Å². The van der Waals surface area contributed by atoms with Gasteiger partial charge in [-0.15, -0.1) is 0 Å². The highest BCUT2D eigenvalue weighted by molar-refractivity contribution is 7.86. The standard InChI is InChI=1S/C21H44O4S/c1-3-4-5-6-7-8-9-10-11-12-13-14-15-16-17-21(26(23,24)25)19-18-20(2)22/h20-22H,3-19H2,1-2H3,(H,23,24,25). The molecule has 0 saturated carbocycles. The zero-order valence-corrected chi connectivity index (χ0v) is 18.1. The fourth-order valence-corrected chi connectivity index (χ4v) is 4.33. The van der Waals surface area contributed by atoms with Gasteiger partial charge in [0.2, 0.25) is 0 Å². The van der Waals surface area contributed by atoms with Gasteiger partial charge in [0, 0.05) is 0 Å². The molecule has 0 saturated heterocycles. The first kappa shape index (κ1) is 25.9. The van der Waals surface area contributed by atoms with Crippen LogP contribution in [-0.4, -0.2) is 29.4 Å². The smallest absolute Gasteiger partial charge is 0.267 e. The summed E-state index contributed by atoms with van der Waals surface area (Å²) in [6.07, 6.45) is 18.6.